The first kappa shape index (κ1) is 14.8. The van der Waals surface area contributed by atoms with Crippen molar-refractivity contribution in [2.75, 3.05) is 5.32 Å². The molecule has 4 rings (SSSR count). The van der Waals surface area contributed by atoms with Crippen LogP contribution in [0.2, 0.25) is 0 Å². The molecule has 4 aromatic rings. The summed E-state index contributed by atoms with van der Waals surface area (Å²) in [6.45, 7) is 0. The van der Waals surface area contributed by atoms with Crippen LogP contribution in [0.5, 0.6) is 0 Å². The third-order valence-corrected chi connectivity index (χ3v) is 5.25. The molecule has 0 aliphatic heterocycles. The van der Waals surface area contributed by atoms with E-state index in [-0.39, 0.29) is 5.91 Å². The fourth-order valence-electron chi connectivity index (χ4n) is 2.27. The van der Waals surface area contributed by atoms with Crippen molar-refractivity contribution in [3.8, 4) is 15.6 Å². The van der Waals surface area contributed by atoms with Crippen molar-refractivity contribution in [1.82, 2.24) is 14.8 Å². The van der Waals surface area contributed by atoms with Crippen LogP contribution in [0, 0.1) is 0 Å². The molecule has 0 saturated heterocycles. The van der Waals surface area contributed by atoms with E-state index >= 15 is 0 Å². The summed E-state index contributed by atoms with van der Waals surface area (Å²) in [4.78, 5) is 18.0. The number of thiophene rings is 1. The minimum atomic E-state index is -0.228. The third-order valence-electron chi connectivity index (χ3n) is 3.37. The topological polar surface area (TPSA) is 59.8 Å². The van der Waals surface area contributed by atoms with Gasteiger partial charge in [0.1, 0.15) is 10.7 Å². The number of hydrogen-bond acceptors (Lipinski definition) is 5. The molecule has 0 aliphatic rings. The molecule has 0 radical (unpaired) electrons. The van der Waals surface area contributed by atoms with Gasteiger partial charge in [0.15, 0.2) is 0 Å². The monoisotopic (exact) mass is 352 g/mol. The van der Waals surface area contributed by atoms with Gasteiger partial charge >= 0.3 is 0 Å². The third kappa shape index (κ3) is 2.86. The summed E-state index contributed by atoms with van der Waals surface area (Å²) >= 11 is 3.08. The second kappa shape index (κ2) is 6.38. The molecule has 0 saturated carbocycles. The van der Waals surface area contributed by atoms with Gasteiger partial charge in [-0.3, -0.25) is 4.79 Å². The van der Waals surface area contributed by atoms with Crippen LogP contribution in [0.3, 0.4) is 0 Å². The Hall–Kier alpha value is -2.77. The molecule has 3 heterocycles. The van der Waals surface area contributed by atoms with Crippen LogP contribution in [0.15, 0.2) is 65.6 Å². The lowest BCUT2D eigenvalue weighted by molar-refractivity contribution is 0.102. The number of thiazole rings is 1. The molecule has 3 aromatic heterocycles. The van der Waals surface area contributed by atoms with Gasteiger partial charge in [-0.2, -0.15) is 5.10 Å². The van der Waals surface area contributed by atoms with E-state index < -0.39 is 0 Å². The Balaban J connectivity index is 1.59. The van der Waals surface area contributed by atoms with Crippen LogP contribution >= 0.6 is 22.7 Å². The highest BCUT2D eigenvalue weighted by atomic mass is 32.1. The number of aromatic nitrogens is 3. The highest BCUT2D eigenvalue weighted by Gasteiger charge is 2.14. The molecular weight excluding hydrogens is 340 g/mol. The van der Waals surface area contributed by atoms with Gasteiger partial charge in [0.25, 0.3) is 5.91 Å². The fraction of sp³-hybridized carbons (Fsp3) is 0. The van der Waals surface area contributed by atoms with Crippen LogP contribution in [-0.2, 0) is 0 Å². The normalized spacial score (nSPS) is 10.7. The summed E-state index contributed by atoms with van der Waals surface area (Å²) in [5.41, 5.74) is 1.92. The molecule has 1 aromatic carbocycles. The maximum absolute atomic E-state index is 12.5. The number of benzene rings is 1. The lowest BCUT2D eigenvalue weighted by Crippen LogP contribution is -2.14. The maximum Gasteiger partial charge on any atom is 0.275 e. The van der Waals surface area contributed by atoms with Crippen molar-refractivity contribution in [1.29, 1.82) is 0 Å². The quantitative estimate of drug-likeness (QED) is 0.595. The molecule has 0 aliphatic carbocycles. The number of carbonyl (C=O) groups excluding carboxylic acids is 1. The van der Waals surface area contributed by atoms with Crippen molar-refractivity contribution in [2.24, 2.45) is 0 Å². The number of anilines is 1. The van der Waals surface area contributed by atoms with Crippen LogP contribution in [0.1, 0.15) is 10.5 Å². The van der Waals surface area contributed by atoms with Gasteiger partial charge in [-0.15, -0.1) is 22.7 Å². The van der Waals surface area contributed by atoms with E-state index in [1.54, 1.807) is 27.6 Å². The lowest BCUT2D eigenvalue weighted by atomic mass is 10.2. The standard InChI is InChI=1S/C17H12N4OS2/c22-16(13-11-24-17(20-13)15-7-3-10-23-15)19-12-5-1-2-6-14(12)21-9-4-8-18-21/h1-11H,(H,19,22). The minimum absolute atomic E-state index is 0.228. The molecule has 118 valence electrons. The van der Waals surface area contributed by atoms with Gasteiger partial charge in [0.05, 0.1) is 16.3 Å². The van der Waals surface area contributed by atoms with E-state index in [0.29, 0.717) is 11.4 Å². The van der Waals surface area contributed by atoms with Crippen molar-refractivity contribution >= 4 is 34.3 Å². The van der Waals surface area contributed by atoms with Gasteiger partial charge in [-0.1, -0.05) is 18.2 Å². The molecule has 1 amide bonds. The molecule has 0 atom stereocenters. The summed E-state index contributed by atoms with van der Waals surface area (Å²) in [6.07, 6.45) is 3.54. The van der Waals surface area contributed by atoms with Crippen LogP contribution < -0.4 is 5.32 Å². The number of carbonyl (C=O) groups is 1. The summed E-state index contributed by atoms with van der Waals surface area (Å²) in [5.74, 6) is -0.228. The number of amides is 1. The van der Waals surface area contributed by atoms with Gasteiger partial charge < -0.3 is 5.32 Å². The van der Waals surface area contributed by atoms with E-state index in [2.05, 4.69) is 15.4 Å². The number of nitrogens with zero attached hydrogens (tertiary/aromatic N) is 3. The molecule has 0 spiro atoms. The Morgan fingerprint density at radius 1 is 1.08 bits per heavy atom. The Labute approximate surface area is 146 Å². The zero-order valence-corrected chi connectivity index (χ0v) is 14.1. The molecule has 24 heavy (non-hydrogen) atoms. The average Bonchev–Trinajstić information content (AvgIpc) is 3.35. The second-order valence-corrected chi connectivity index (χ2v) is 6.74. The van der Waals surface area contributed by atoms with Gasteiger partial charge in [-0.25, -0.2) is 9.67 Å². The molecular formula is C17H12N4OS2. The predicted molar refractivity (Wildman–Crippen MR) is 96.9 cm³/mol. The Morgan fingerprint density at radius 2 is 2.00 bits per heavy atom. The van der Waals surface area contributed by atoms with Gasteiger partial charge in [0.2, 0.25) is 0 Å². The van der Waals surface area contributed by atoms with Gasteiger partial charge in [0, 0.05) is 17.8 Å². The number of hydrogen-bond donors (Lipinski definition) is 1. The maximum atomic E-state index is 12.5. The van der Waals surface area contributed by atoms with E-state index in [1.807, 2.05) is 54.0 Å². The Kier molecular flexibility index (Phi) is 3.94. The summed E-state index contributed by atoms with van der Waals surface area (Å²) in [5, 5.41) is 11.8. The fourth-order valence-corrected chi connectivity index (χ4v) is 3.88. The zero-order chi connectivity index (χ0) is 16.4. The van der Waals surface area contributed by atoms with E-state index in [9.17, 15) is 4.79 Å². The van der Waals surface area contributed by atoms with Crippen molar-refractivity contribution < 1.29 is 4.79 Å². The Morgan fingerprint density at radius 3 is 2.79 bits per heavy atom. The average molecular weight is 352 g/mol. The first-order chi connectivity index (χ1) is 11.8. The van der Waals surface area contributed by atoms with E-state index in [4.69, 9.17) is 0 Å². The molecule has 0 unspecified atom stereocenters. The van der Waals surface area contributed by atoms with E-state index in [0.717, 1.165) is 15.6 Å². The zero-order valence-electron chi connectivity index (χ0n) is 12.4. The van der Waals surface area contributed by atoms with Gasteiger partial charge in [-0.05, 0) is 29.6 Å². The number of para-hydroxylation sites is 2. The number of nitrogens with one attached hydrogen (secondary N) is 1. The summed E-state index contributed by atoms with van der Waals surface area (Å²) in [7, 11) is 0. The largest absolute Gasteiger partial charge is 0.319 e. The lowest BCUT2D eigenvalue weighted by Gasteiger charge is -2.10. The summed E-state index contributed by atoms with van der Waals surface area (Å²) < 4.78 is 1.72. The Bertz CT molecular complexity index is 958. The minimum Gasteiger partial charge on any atom is -0.319 e. The van der Waals surface area contributed by atoms with Crippen molar-refractivity contribution in [3.63, 3.8) is 0 Å². The molecule has 0 bridgehead atoms. The highest BCUT2D eigenvalue weighted by molar-refractivity contribution is 7.20. The highest BCUT2D eigenvalue weighted by Crippen LogP contribution is 2.28. The SMILES string of the molecule is O=C(Nc1ccccc1-n1cccn1)c1csc(-c2cccs2)n1. The molecule has 0 fully saturated rings. The first-order valence-electron chi connectivity index (χ1n) is 7.21. The van der Waals surface area contributed by atoms with Crippen LogP contribution in [-0.4, -0.2) is 20.7 Å². The van der Waals surface area contributed by atoms with Crippen molar-refractivity contribution in [3.05, 3.63) is 71.3 Å². The van der Waals surface area contributed by atoms with E-state index in [1.165, 1.54) is 11.3 Å². The molecule has 7 heteroatoms. The van der Waals surface area contributed by atoms with Crippen LogP contribution in [0.4, 0.5) is 5.69 Å². The smallest absolute Gasteiger partial charge is 0.275 e. The molecule has 5 nitrogen and oxygen atoms in total. The van der Waals surface area contributed by atoms with Crippen LogP contribution in [0.25, 0.3) is 15.6 Å². The number of rotatable bonds is 4. The molecule has 1 N–H and O–H groups in total. The van der Waals surface area contributed by atoms with Crippen molar-refractivity contribution in [2.45, 2.75) is 0 Å². The second-order valence-electron chi connectivity index (χ2n) is 4.94. The summed E-state index contributed by atoms with van der Waals surface area (Å²) in [6, 6.07) is 13.3. The first-order valence-corrected chi connectivity index (χ1v) is 8.97. The predicted octanol–water partition coefficient (Wildman–Crippen LogP) is 4.31.